The molecule has 5 rings (SSSR count). The summed E-state index contributed by atoms with van der Waals surface area (Å²) < 4.78 is 0. The van der Waals surface area contributed by atoms with Crippen molar-refractivity contribution in [3.05, 3.63) is 11.6 Å². The molecule has 7 atom stereocenters. The molecule has 4 fully saturated rings. The molecule has 0 aromatic carbocycles. The van der Waals surface area contributed by atoms with Gasteiger partial charge in [0.15, 0.2) is 5.78 Å². The summed E-state index contributed by atoms with van der Waals surface area (Å²) in [5.74, 6) is 2.34. The minimum Gasteiger partial charge on any atom is -0.392 e. The molecule has 2 bridgehead atoms. The Morgan fingerprint density at radius 3 is 2.78 bits per heavy atom. The number of ketones is 2. The molecule has 124 valence electrons. The van der Waals surface area contributed by atoms with E-state index in [4.69, 9.17) is 0 Å². The third kappa shape index (κ3) is 1.55. The van der Waals surface area contributed by atoms with Crippen LogP contribution in [0.3, 0.4) is 0 Å². The van der Waals surface area contributed by atoms with Gasteiger partial charge in [-0.05, 0) is 68.8 Å². The van der Waals surface area contributed by atoms with Crippen LogP contribution < -0.4 is 0 Å². The second-order valence-corrected chi connectivity index (χ2v) is 9.10. The summed E-state index contributed by atoms with van der Waals surface area (Å²) in [6.07, 6.45) is 8.98. The highest BCUT2D eigenvalue weighted by Gasteiger charge is 2.65. The third-order valence-corrected chi connectivity index (χ3v) is 8.56. The van der Waals surface area contributed by atoms with Gasteiger partial charge >= 0.3 is 0 Å². The lowest BCUT2D eigenvalue weighted by atomic mass is 9.47. The first-order valence-corrected chi connectivity index (χ1v) is 9.43. The molecule has 1 N–H and O–H groups in total. The number of carbonyl (C=O) groups is 2. The summed E-state index contributed by atoms with van der Waals surface area (Å²) in [6.45, 7) is 2.20. The number of hydrogen-bond donors (Lipinski definition) is 1. The summed E-state index contributed by atoms with van der Waals surface area (Å²) >= 11 is 0. The van der Waals surface area contributed by atoms with Crippen molar-refractivity contribution in [2.75, 3.05) is 0 Å². The Balaban J connectivity index is 1.59. The summed E-state index contributed by atoms with van der Waals surface area (Å²) in [5, 5.41) is 10.9. The van der Waals surface area contributed by atoms with Crippen LogP contribution in [0.15, 0.2) is 11.6 Å². The first-order chi connectivity index (χ1) is 11.0. The smallest absolute Gasteiger partial charge is 0.158 e. The van der Waals surface area contributed by atoms with Gasteiger partial charge in [0.25, 0.3) is 0 Å². The Kier molecular flexibility index (Phi) is 2.73. The Labute approximate surface area is 137 Å². The molecule has 0 aromatic rings. The Morgan fingerprint density at radius 1 is 1.13 bits per heavy atom. The molecular weight excluding hydrogens is 288 g/mol. The van der Waals surface area contributed by atoms with Crippen LogP contribution in [0.25, 0.3) is 0 Å². The van der Waals surface area contributed by atoms with Crippen LogP contribution in [0.2, 0.25) is 0 Å². The van der Waals surface area contributed by atoms with E-state index in [2.05, 4.69) is 6.92 Å². The van der Waals surface area contributed by atoms with E-state index >= 15 is 0 Å². The molecule has 0 amide bonds. The minimum atomic E-state index is -0.348. The highest BCUT2D eigenvalue weighted by molar-refractivity contribution is 5.94. The number of fused-ring (bicyclic) bond motifs is 4. The first kappa shape index (κ1) is 14.4. The first-order valence-electron chi connectivity index (χ1n) is 9.43. The largest absolute Gasteiger partial charge is 0.392 e. The molecular formula is C20H26O3. The van der Waals surface area contributed by atoms with E-state index in [1.165, 1.54) is 5.57 Å². The van der Waals surface area contributed by atoms with Gasteiger partial charge in [-0.2, -0.15) is 0 Å². The van der Waals surface area contributed by atoms with Gasteiger partial charge in [-0.25, -0.2) is 0 Å². The molecule has 3 nitrogen and oxygen atoms in total. The molecule has 0 radical (unpaired) electrons. The molecule has 23 heavy (non-hydrogen) atoms. The minimum absolute atomic E-state index is 0.0472. The lowest BCUT2D eigenvalue weighted by Crippen LogP contribution is -2.53. The molecule has 5 aliphatic carbocycles. The van der Waals surface area contributed by atoms with Crippen molar-refractivity contribution in [2.45, 2.75) is 64.4 Å². The van der Waals surface area contributed by atoms with E-state index in [0.717, 1.165) is 44.9 Å². The van der Waals surface area contributed by atoms with Gasteiger partial charge in [-0.1, -0.05) is 12.5 Å². The SMILES string of the molecule is C[C@]12CC[C@H]3[C@@H](CCC4=CC(=O)C5C[C@H](O)[C@]43C5)[C@@H]1CCC2=O. The maximum Gasteiger partial charge on any atom is 0.158 e. The Hall–Kier alpha value is -0.960. The number of aliphatic hydroxyl groups is 1. The topological polar surface area (TPSA) is 54.4 Å². The van der Waals surface area contributed by atoms with Gasteiger partial charge in [-0.15, -0.1) is 0 Å². The fraction of sp³-hybridized carbons (Fsp3) is 0.800. The maximum atomic E-state index is 12.4. The van der Waals surface area contributed by atoms with Gasteiger partial charge in [0.2, 0.25) is 0 Å². The average Bonchev–Trinajstić information content (AvgIpc) is 2.99. The van der Waals surface area contributed by atoms with Crippen LogP contribution in [-0.4, -0.2) is 22.8 Å². The van der Waals surface area contributed by atoms with Crippen LogP contribution in [0, 0.1) is 34.5 Å². The van der Waals surface area contributed by atoms with E-state index in [9.17, 15) is 14.7 Å². The Bertz CT molecular complexity index is 635. The van der Waals surface area contributed by atoms with E-state index < -0.39 is 0 Å². The van der Waals surface area contributed by atoms with Crippen molar-refractivity contribution in [3.63, 3.8) is 0 Å². The standard InChI is InChI=1S/C20H26O3/c1-19-7-6-15-13(14(19)4-5-17(19)22)3-2-12-9-16(21)11-8-18(23)20(12,15)10-11/h9,11,13-15,18,23H,2-8,10H2,1H3/t11?,13-,14-,15-,18-,19-,20+/m0/s1. The lowest BCUT2D eigenvalue weighted by Gasteiger charge is -2.57. The number of carbonyl (C=O) groups excluding carboxylic acids is 2. The summed E-state index contributed by atoms with van der Waals surface area (Å²) in [7, 11) is 0. The third-order valence-electron chi connectivity index (χ3n) is 8.56. The number of Topliss-reactive ketones (excluding diaryl/α,β-unsaturated/α-hetero) is 1. The average molecular weight is 314 g/mol. The second-order valence-electron chi connectivity index (χ2n) is 9.10. The molecule has 0 heterocycles. The van der Waals surface area contributed by atoms with Crippen LogP contribution in [0.1, 0.15) is 58.3 Å². The fourth-order valence-electron chi connectivity index (χ4n) is 7.46. The van der Waals surface area contributed by atoms with Gasteiger partial charge in [0.05, 0.1) is 6.10 Å². The van der Waals surface area contributed by atoms with E-state index in [1.807, 2.05) is 6.08 Å². The van der Waals surface area contributed by atoms with Crippen LogP contribution in [0.4, 0.5) is 0 Å². The monoisotopic (exact) mass is 314 g/mol. The Morgan fingerprint density at radius 2 is 1.96 bits per heavy atom. The molecule has 0 aromatic heterocycles. The van der Waals surface area contributed by atoms with E-state index in [1.54, 1.807) is 0 Å². The number of hydrogen-bond acceptors (Lipinski definition) is 3. The van der Waals surface area contributed by atoms with Crippen molar-refractivity contribution in [1.29, 1.82) is 0 Å². The second kappa shape index (κ2) is 4.36. The van der Waals surface area contributed by atoms with Gasteiger partial charge in [0, 0.05) is 23.2 Å². The van der Waals surface area contributed by atoms with Crippen LogP contribution in [0.5, 0.6) is 0 Å². The van der Waals surface area contributed by atoms with Gasteiger partial charge < -0.3 is 5.11 Å². The zero-order chi connectivity index (χ0) is 16.0. The molecule has 5 aliphatic rings. The van der Waals surface area contributed by atoms with Crippen molar-refractivity contribution < 1.29 is 14.7 Å². The van der Waals surface area contributed by atoms with Gasteiger partial charge in [0.1, 0.15) is 5.78 Å². The summed E-state index contributed by atoms with van der Waals surface area (Å²) in [6, 6.07) is 0. The van der Waals surface area contributed by atoms with Crippen molar-refractivity contribution in [3.8, 4) is 0 Å². The van der Waals surface area contributed by atoms with Crippen molar-refractivity contribution in [2.24, 2.45) is 34.5 Å². The molecule has 4 saturated carbocycles. The van der Waals surface area contributed by atoms with Crippen LogP contribution >= 0.6 is 0 Å². The van der Waals surface area contributed by atoms with Gasteiger partial charge in [-0.3, -0.25) is 9.59 Å². The molecule has 0 saturated heterocycles. The molecule has 1 unspecified atom stereocenters. The summed E-state index contributed by atoms with van der Waals surface area (Å²) in [4.78, 5) is 24.7. The quantitative estimate of drug-likeness (QED) is 0.747. The zero-order valence-electron chi connectivity index (χ0n) is 13.9. The highest BCUT2D eigenvalue weighted by Crippen LogP contribution is 2.68. The van der Waals surface area contributed by atoms with Crippen LogP contribution in [-0.2, 0) is 9.59 Å². The van der Waals surface area contributed by atoms with Crippen molar-refractivity contribution >= 4 is 11.6 Å². The fourth-order valence-corrected chi connectivity index (χ4v) is 7.46. The predicted octanol–water partition coefficient (Wildman–Crippen LogP) is 3.06. The maximum absolute atomic E-state index is 12.4. The highest BCUT2D eigenvalue weighted by atomic mass is 16.3. The zero-order valence-corrected chi connectivity index (χ0v) is 13.9. The molecule has 3 heteroatoms. The number of rotatable bonds is 0. The normalized spacial score (nSPS) is 54.3. The lowest BCUT2D eigenvalue weighted by molar-refractivity contribution is -0.134. The predicted molar refractivity (Wildman–Crippen MR) is 85.5 cm³/mol. The molecule has 0 aliphatic heterocycles. The molecule has 1 spiro atoms. The summed E-state index contributed by atoms with van der Waals surface area (Å²) in [5.41, 5.74) is 1.01. The van der Waals surface area contributed by atoms with E-state index in [0.29, 0.717) is 30.0 Å². The van der Waals surface area contributed by atoms with E-state index in [-0.39, 0.29) is 28.6 Å². The number of aliphatic hydroxyl groups excluding tert-OH is 1. The van der Waals surface area contributed by atoms with Crippen molar-refractivity contribution in [1.82, 2.24) is 0 Å².